The van der Waals surface area contributed by atoms with E-state index in [0.717, 1.165) is 25.9 Å². The van der Waals surface area contributed by atoms with Crippen LogP contribution in [0, 0.1) is 5.82 Å². The topological polar surface area (TPSA) is 61.4 Å². The SMILES string of the molecule is OC(COCc1ccccc1F)CN1CCC(c2cn[nH]c2)CC1. The Bertz CT molecular complexity index is 612. The van der Waals surface area contributed by atoms with Crippen molar-refractivity contribution in [3.05, 3.63) is 53.6 Å². The second-order valence-electron chi connectivity index (χ2n) is 6.37. The predicted molar refractivity (Wildman–Crippen MR) is 89.1 cm³/mol. The van der Waals surface area contributed by atoms with E-state index < -0.39 is 6.10 Å². The van der Waals surface area contributed by atoms with Gasteiger partial charge in [-0.1, -0.05) is 18.2 Å². The molecule has 3 rings (SSSR count). The van der Waals surface area contributed by atoms with Gasteiger partial charge in [-0.25, -0.2) is 4.39 Å². The van der Waals surface area contributed by atoms with Crippen molar-refractivity contribution < 1.29 is 14.2 Å². The summed E-state index contributed by atoms with van der Waals surface area (Å²) in [6, 6.07) is 6.55. The molecule has 2 N–H and O–H groups in total. The first-order chi connectivity index (χ1) is 11.7. The Morgan fingerprint density at radius 3 is 2.83 bits per heavy atom. The molecule has 24 heavy (non-hydrogen) atoms. The molecule has 1 aliphatic heterocycles. The van der Waals surface area contributed by atoms with Gasteiger partial charge in [0, 0.05) is 18.3 Å². The van der Waals surface area contributed by atoms with Gasteiger partial charge in [0.05, 0.1) is 25.5 Å². The number of rotatable bonds is 7. The van der Waals surface area contributed by atoms with Crippen LogP contribution in [-0.4, -0.2) is 52.5 Å². The van der Waals surface area contributed by atoms with Crippen LogP contribution < -0.4 is 0 Å². The molecule has 0 radical (unpaired) electrons. The molecule has 1 aliphatic rings. The lowest BCUT2D eigenvalue weighted by molar-refractivity contribution is 0.00550. The highest BCUT2D eigenvalue weighted by molar-refractivity contribution is 5.16. The van der Waals surface area contributed by atoms with E-state index in [9.17, 15) is 9.50 Å². The number of likely N-dealkylation sites (tertiary alicyclic amines) is 1. The van der Waals surface area contributed by atoms with Crippen molar-refractivity contribution in [2.45, 2.75) is 31.5 Å². The van der Waals surface area contributed by atoms with E-state index in [1.165, 1.54) is 11.6 Å². The Kier molecular flexibility index (Phi) is 5.96. The molecule has 1 unspecified atom stereocenters. The number of H-pyrrole nitrogens is 1. The van der Waals surface area contributed by atoms with E-state index in [-0.39, 0.29) is 19.0 Å². The van der Waals surface area contributed by atoms with Gasteiger partial charge in [-0.3, -0.25) is 5.10 Å². The number of aromatic amines is 1. The fourth-order valence-corrected chi connectivity index (χ4v) is 3.20. The van der Waals surface area contributed by atoms with Gasteiger partial charge in [0.1, 0.15) is 5.82 Å². The first-order valence-corrected chi connectivity index (χ1v) is 8.42. The van der Waals surface area contributed by atoms with Crippen LogP contribution in [0.3, 0.4) is 0 Å². The lowest BCUT2D eigenvalue weighted by Crippen LogP contribution is -2.39. The quantitative estimate of drug-likeness (QED) is 0.816. The van der Waals surface area contributed by atoms with E-state index >= 15 is 0 Å². The summed E-state index contributed by atoms with van der Waals surface area (Å²) >= 11 is 0. The van der Waals surface area contributed by atoms with Crippen molar-refractivity contribution in [3.8, 4) is 0 Å². The van der Waals surface area contributed by atoms with E-state index in [2.05, 4.69) is 15.1 Å². The molecule has 1 saturated heterocycles. The summed E-state index contributed by atoms with van der Waals surface area (Å²) in [7, 11) is 0. The van der Waals surface area contributed by atoms with Crippen molar-refractivity contribution in [3.63, 3.8) is 0 Å². The Hall–Kier alpha value is -1.76. The van der Waals surface area contributed by atoms with Gasteiger partial charge in [-0.15, -0.1) is 0 Å². The molecule has 6 heteroatoms. The molecule has 2 heterocycles. The summed E-state index contributed by atoms with van der Waals surface area (Å²) in [6.45, 7) is 2.91. The summed E-state index contributed by atoms with van der Waals surface area (Å²) in [6.07, 6.45) is 5.45. The van der Waals surface area contributed by atoms with Gasteiger partial charge in [0.25, 0.3) is 0 Å². The van der Waals surface area contributed by atoms with Crippen LogP contribution in [0.25, 0.3) is 0 Å². The minimum absolute atomic E-state index is 0.187. The van der Waals surface area contributed by atoms with E-state index in [4.69, 9.17) is 4.74 Å². The zero-order chi connectivity index (χ0) is 16.8. The zero-order valence-electron chi connectivity index (χ0n) is 13.7. The highest BCUT2D eigenvalue weighted by Crippen LogP contribution is 2.27. The number of aromatic nitrogens is 2. The Morgan fingerprint density at radius 2 is 2.12 bits per heavy atom. The van der Waals surface area contributed by atoms with Gasteiger partial charge < -0.3 is 14.7 Å². The second kappa shape index (κ2) is 8.37. The van der Waals surface area contributed by atoms with E-state index in [1.807, 2.05) is 12.4 Å². The van der Waals surface area contributed by atoms with Gasteiger partial charge in [-0.05, 0) is 43.5 Å². The van der Waals surface area contributed by atoms with Gasteiger partial charge in [-0.2, -0.15) is 5.10 Å². The van der Waals surface area contributed by atoms with Crippen LogP contribution in [0.5, 0.6) is 0 Å². The highest BCUT2D eigenvalue weighted by Gasteiger charge is 2.22. The van der Waals surface area contributed by atoms with Crippen molar-refractivity contribution in [2.24, 2.45) is 0 Å². The number of hydrogen-bond acceptors (Lipinski definition) is 4. The Labute approximate surface area is 141 Å². The van der Waals surface area contributed by atoms with Crippen LogP contribution in [-0.2, 0) is 11.3 Å². The fourth-order valence-electron chi connectivity index (χ4n) is 3.20. The van der Waals surface area contributed by atoms with Crippen LogP contribution in [0.4, 0.5) is 4.39 Å². The molecule has 1 aromatic carbocycles. The number of aliphatic hydroxyl groups is 1. The number of nitrogens with one attached hydrogen (secondary N) is 1. The highest BCUT2D eigenvalue weighted by atomic mass is 19.1. The lowest BCUT2D eigenvalue weighted by Gasteiger charge is -2.32. The molecular weight excluding hydrogens is 309 g/mol. The second-order valence-corrected chi connectivity index (χ2v) is 6.37. The van der Waals surface area contributed by atoms with Gasteiger partial charge >= 0.3 is 0 Å². The third-order valence-corrected chi connectivity index (χ3v) is 4.57. The molecule has 1 aromatic heterocycles. The Balaban J connectivity index is 1.35. The third-order valence-electron chi connectivity index (χ3n) is 4.57. The molecular formula is C18H24FN3O2. The van der Waals surface area contributed by atoms with Crippen LogP contribution in [0.15, 0.2) is 36.7 Å². The van der Waals surface area contributed by atoms with Crippen molar-refractivity contribution in [1.29, 1.82) is 0 Å². The number of piperidine rings is 1. The molecule has 0 spiro atoms. The average molecular weight is 333 g/mol. The van der Waals surface area contributed by atoms with Crippen molar-refractivity contribution in [2.75, 3.05) is 26.2 Å². The van der Waals surface area contributed by atoms with Crippen molar-refractivity contribution in [1.82, 2.24) is 15.1 Å². The molecule has 0 aliphatic carbocycles. The zero-order valence-corrected chi connectivity index (χ0v) is 13.7. The largest absolute Gasteiger partial charge is 0.389 e. The minimum atomic E-state index is -0.553. The number of hydrogen-bond donors (Lipinski definition) is 2. The maximum Gasteiger partial charge on any atom is 0.128 e. The molecule has 1 atom stereocenters. The first-order valence-electron chi connectivity index (χ1n) is 8.42. The number of halogens is 1. The molecule has 1 fully saturated rings. The number of nitrogens with zero attached hydrogens (tertiary/aromatic N) is 2. The standard InChI is InChI=1S/C18H24FN3O2/c19-18-4-2-1-3-15(18)12-24-13-17(23)11-22-7-5-14(6-8-22)16-9-20-21-10-16/h1-4,9-10,14,17,23H,5-8,11-13H2,(H,20,21). The summed E-state index contributed by atoms with van der Waals surface area (Å²) in [5.41, 5.74) is 1.79. The molecule has 0 amide bonds. The van der Waals surface area contributed by atoms with Gasteiger partial charge in [0.15, 0.2) is 0 Å². The fraction of sp³-hybridized carbons (Fsp3) is 0.500. The molecule has 0 saturated carbocycles. The number of ether oxygens (including phenoxy) is 1. The first kappa shape index (κ1) is 17.1. The number of β-amino-alcohol motifs (C(OH)–C–C–N with tert-alkyl or cyclic N) is 1. The van der Waals surface area contributed by atoms with Crippen LogP contribution in [0.2, 0.25) is 0 Å². The average Bonchev–Trinajstić information content (AvgIpc) is 3.12. The maximum atomic E-state index is 13.5. The van der Waals surface area contributed by atoms with Crippen LogP contribution in [0.1, 0.15) is 29.9 Å². The molecule has 130 valence electrons. The maximum absolute atomic E-state index is 13.5. The number of benzene rings is 1. The molecule has 5 nitrogen and oxygen atoms in total. The predicted octanol–water partition coefficient (Wildman–Crippen LogP) is 2.31. The summed E-state index contributed by atoms with van der Waals surface area (Å²) in [5, 5.41) is 17.0. The van der Waals surface area contributed by atoms with Crippen molar-refractivity contribution >= 4 is 0 Å². The van der Waals surface area contributed by atoms with Crippen LogP contribution >= 0.6 is 0 Å². The minimum Gasteiger partial charge on any atom is -0.389 e. The summed E-state index contributed by atoms with van der Waals surface area (Å²) in [5.74, 6) is 0.280. The molecule has 2 aromatic rings. The smallest absolute Gasteiger partial charge is 0.128 e. The monoisotopic (exact) mass is 333 g/mol. The lowest BCUT2D eigenvalue weighted by atomic mass is 9.91. The Morgan fingerprint density at radius 1 is 1.33 bits per heavy atom. The number of aliphatic hydroxyl groups excluding tert-OH is 1. The van der Waals surface area contributed by atoms with E-state index in [1.54, 1.807) is 18.2 Å². The summed E-state index contributed by atoms with van der Waals surface area (Å²) < 4.78 is 18.9. The third kappa shape index (κ3) is 4.63. The van der Waals surface area contributed by atoms with Gasteiger partial charge in [0.2, 0.25) is 0 Å². The summed E-state index contributed by atoms with van der Waals surface area (Å²) in [4.78, 5) is 2.26. The van der Waals surface area contributed by atoms with E-state index in [0.29, 0.717) is 18.0 Å². The normalized spacial score (nSPS) is 17.9. The molecule has 0 bridgehead atoms.